The van der Waals surface area contributed by atoms with Crippen LogP contribution in [0.3, 0.4) is 0 Å². The van der Waals surface area contributed by atoms with E-state index in [1.54, 1.807) is 41.6 Å². The number of hydrogen-bond acceptors (Lipinski definition) is 6. The van der Waals surface area contributed by atoms with E-state index in [0.717, 1.165) is 5.56 Å². The predicted octanol–water partition coefficient (Wildman–Crippen LogP) is -1.78. The van der Waals surface area contributed by atoms with Gasteiger partial charge in [0, 0.05) is 24.0 Å². The molecular formula is C15H21ClN4O3S. The van der Waals surface area contributed by atoms with Gasteiger partial charge in [-0.15, -0.1) is 0 Å². The van der Waals surface area contributed by atoms with Crippen LogP contribution in [0.4, 0.5) is 0 Å². The molecule has 132 valence electrons. The normalized spacial score (nSPS) is 11.8. The van der Waals surface area contributed by atoms with Crippen molar-refractivity contribution in [3.63, 3.8) is 0 Å². The summed E-state index contributed by atoms with van der Waals surface area (Å²) in [7, 11) is -3.56. The van der Waals surface area contributed by atoms with Crippen molar-refractivity contribution in [1.82, 2.24) is 15.1 Å². The fourth-order valence-electron chi connectivity index (χ4n) is 1.63. The summed E-state index contributed by atoms with van der Waals surface area (Å²) < 4.78 is 30.3. The van der Waals surface area contributed by atoms with Gasteiger partial charge in [0.15, 0.2) is 18.6 Å². The second-order valence-corrected chi connectivity index (χ2v) is 8.10. The topological polar surface area (TPSA) is 85.9 Å². The smallest absolute Gasteiger partial charge is 0.273 e. The molecule has 0 spiro atoms. The van der Waals surface area contributed by atoms with Crippen LogP contribution in [0.15, 0.2) is 36.9 Å². The van der Waals surface area contributed by atoms with Gasteiger partial charge in [-0.05, 0) is 16.6 Å². The summed E-state index contributed by atoms with van der Waals surface area (Å²) in [6.07, 6.45) is 6.62. The third-order valence-corrected chi connectivity index (χ3v) is 4.00. The van der Waals surface area contributed by atoms with E-state index in [0.29, 0.717) is 5.82 Å². The first-order valence-corrected chi connectivity index (χ1v) is 8.83. The molecule has 0 unspecified atom stereocenters. The Labute approximate surface area is 148 Å². The van der Waals surface area contributed by atoms with Gasteiger partial charge in [0.1, 0.15) is 11.9 Å². The van der Waals surface area contributed by atoms with Gasteiger partial charge < -0.3 is 12.4 Å². The lowest BCUT2D eigenvalue weighted by Crippen LogP contribution is -3.00. The molecule has 0 aromatic carbocycles. The van der Waals surface area contributed by atoms with E-state index in [1.807, 2.05) is 20.8 Å². The molecule has 9 heteroatoms. The molecule has 0 saturated carbocycles. The van der Waals surface area contributed by atoms with Crippen molar-refractivity contribution in [1.29, 1.82) is 0 Å². The van der Waals surface area contributed by atoms with Crippen molar-refractivity contribution in [2.75, 3.05) is 12.4 Å². The third-order valence-electron chi connectivity index (χ3n) is 2.84. The molecule has 0 amide bonds. The first-order chi connectivity index (χ1) is 10.8. The van der Waals surface area contributed by atoms with Crippen LogP contribution in [0.25, 0.3) is 11.4 Å². The van der Waals surface area contributed by atoms with E-state index >= 15 is 0 Å². The van der Waals surface area contributed by atoms with E-state index in [1.165, 1.54) is 0 Å². The van der Waals surface area contributed by atoms with Crippen molar-refractivity contribution in [2.45, 2.75) is 27.3 Å². The lowest BCUT2D eigenvalue weighted by Gasteiger charge is -2.17. The number of halogens is 1. The van der Waals surface area contributed by atoms with Crippen LogP contribution in [0.1, 0.15) is 20.8 Å². The van der Waals surface area contributed by atoms with Crippen LogP contribution in [0.5, 0.6) is 0 Å². The number of rotatable bonds is 6. The molecule has 24 heavy (non-hydrogen) atoms. The Morgan fingerprint density at radius 3 is 2.42 bits per heavy atom. The lowest BCUT2D eigenvalue weighted by molar-refractivity contribution is -0.750. The Balaban J connectivity index is 0.00000288. The average Bonchev–Trinajstić information content (AvgIpc) is 2.52. The first-order valence-electron chi connectivity index (χ1n) is 7.25. The van der Waals surface area contributed by atoms with Gasteiger partial charge in [-0.3, -0.25) is 4.18 Å². The van der Waals surface area contributed by atoms with E-state index in [9.17, 15) is 8.42 Å². The molecule has 2 aromatic heterocycles. The molecule has 0 aliphatic carbocycles. The van der Waals surface area contributed by atoms with E-state index < -0.39 is 10.1 Å². The molecule has 0 N–H and O–H groups in total. The third kappa shape index (κ3) is 6.86. The maximum absolute atomic E-state index is 11.9. The zero-order chi connectivity index (χ0) is 16.9. The van der Waals surface area contributed by atoms with Crippen LogP contribution in [-0.4, -0.2) is 35.8 Å². The van der Waals surface area contributed by atoms with Crippen molar-refractivity contribution < 1.29 is 29.7 Å². The molecule has 0 fully saturated rings. The molecule has 7 nitrogen and oxygen atoms in total. The van der Waals surface area contributed by atoms with E-state index in [4.69, 9.17) is 4.18 Å². The first kappa shape index (κ1) is 20.4. The molecule has 0 aliphatic heterocycles. The minimum absolute atomic E-state index is 0. The predicted molar refractivity (Wildman–Crippen MR) is 84.7 cm³/mol. The number of aromatic nitrogens is 4. The molecular weight excluding hydrogens is 352 g/mol. The Kier molecular flexibility index (Phi) is 7.19. The Bertz CT molecular complexity index is 732. The SMILES string of the molecule is CC(C)(C)COS(=O)(=O)CC[n+]1ccc(-c2ncccn2)cn1.[Cl-]. The monoisotopic (exact) mass is 372 g/mol. The van der Waals surface area contributed by atoms with E-state index in [-0.39, 0.29) is 36.7 Å². The molecule has 0 radical (unpaired) electrons. The fraction of sp³-hybridized carbons (Fsp3) is 0.467. The summed E-state index contributed by atoms with van der Waals surface area (Å²) in [5, 5.41) is 4.18. The van der Waals surface area contributed by atoms with Crippen LogP contribution >= 0.6 is 0 Å². The van der Waals surface area contributed by atoms with Gasteiger partial charge in [-0.1, -0.05) is 25.5 Å². The van der Waals surface area contributed by atoms with Gasteiger partial charge in [-0.2, -0.15) is 8.42 Å². The highest BCUT2D eigenvalue weighted by Gasteiger charge is 2.20. The average molecular weight is 373 g/mol. The Hall–Kier alpha value is -1.64. The molecule has 2 heterocycles. The molecule has 2 aromatic rings. The van der Waals surface area contributed by atoms with Gasteiger partial charge >= 0.3 is 0 Å². The summed E-state index contributed by atoms with van der Waals surface area (Å²) in [6, 6.07) is 3.54. The molecule has 0 saturated heterocycles. The van der Waals surface area contributed by atoms with Crippen molar-refractivity contribution >= 4 is 10.1 Å². The second-order valence-electron chi connectivity index (χ2n) is 6.34. The summed E-state index contributed by atoms with van der Waals surface area (Å²) in [6.45, 7) is 6.15. The lowest BCUT2D eigenvalue weighted by atomic mass is 9.99. The maximum Gasteiger partial charge on any atom is 0.273 e. The van der Waals surface area contributed by atoms with Gasteiger partial charge in [0.2, 0.25) is 0 Å². The molecule has 2 rings (SSSR count). The van der Waals surface area contributed by atoms with Gasteiger partial charge in [0.05, 0.1) is 6.61 Å². The number of hydrogen-bond donors (Lipinski definition) is 0. The number of aryl methyl sites for hydroxylation is 1. The largest absolute Gasteiger partial charge is 1.00 e. The highest BCUT2D eigenvalue weighted by molar-refractivity contribution is 7.86. The Morgan fingerprint density at radius 1 is 1.21 bits per heavy atom. The van der Waals surface area contributed by atoms with Crippen LogP contribution in [-0.2, 0) is 20.8 Å². The molecule has 0 atom stereocenters. The minimum Gasteiger partial charge on any atom is -1.00 e. The molecule has 0 bridgehead atoms. The summed E-state index contributed by atoms with van der Waals surface area (Å²) >= 11 is 0. The van der Waals surface area contributed by atoms with Crippen molar-refractivity contribution in [2.24, 2.45) is 5.41 Å². The quantitative estimate of drug-likeness (QED) is 0.440. The zero-order valence-electron chi connectivity index (χ0n) is 13.9. The summed E-state index contributed by atoms with van der Waals surface area (Å²) in [4.78, 5) is 8.27. The second kappa shape index (κ2) is 8.46. The van der Waals surface area contributed by atoms with Crippen LogP contribution < -0.4 is 17.1 Å². The number of nitrogens with zero attached hydrogens (tertiary/aromatic N) is 4. The summed E-state index contributed by atoms with van der Waals surface area (Å²) in [5.74, 6) is 0.454. The van der Waals surface area contributed by atoms with Crippen molar-refractivity contribution in [3.8, 4) is 11.4 Å². The fourth-order valence-corrected chi connectivity index (χ4v) is 2.69. The van der Waals surface area contributed by atoms with Gasteiger partial charge in [0.25, 0.3) is 10.1 Å². The highest BCUT2D eigenvalue weighted by Crippen LogP contribution is 2.14. The van der Waals surface area contributed by atoms with Crippen LogP contribution in [0, 0.1) is 5.41 Å². The Morgan fingerprint density at radius 2 is 1.88 bits per heavy atom. The standard InChI is InChI=1S/C15H21N4O3S.ClH/c1-15(2,3)12-22-23(20,21)10-9-19-8-5-13(11-18-19)14-16-6-4-7-17-14;/h4-8,11H,9-10,12H2,1-3H3;1H/q+1;/p-1. The van der Waals surface area contributed by atoms with Crippen molar-refractivity contribution in [3.05, 3.63) is 36.9 Å². The maximum atomic E-state index is 11.9. The van der Waals surface area contributed by atoms with Crippen LogP contribution in [0.2, 0.25) is 0 Å². The van der Waals surface area contributed by atoms with E-state index in [2.05, 4.69) is 15.1 Å². The summed E-state index contributed by atoms with van der Waals surface area (Å²) in [5.41, 5.74) is 0.573. The van der Waals surface area contributed by atoms with Gasteiger partial charge in [-0.25, -0.2) is 9.97 Å². The molecule has 0 aliphatic rings. The highest BCUT2D eigenvalue weighted by atomic mass is 35.5. The minimum atomic E-state index is -3.56. The zero-order valence-corrected chi connectivity index (χ0v) is 15.5.